The van der Waals surface area contributed by atoms with Crippen LogP contribution >= 0.6 is 11.6 Å². The summed E-state index contributed by atoms with van der Waals surface area (Å²) in [5, 5.41) is 3.43. The van der Waals surface area contributed by atoms with Crippen molar-refractivity contribution in [3.05, 3.63) is 52.5 Å². The van der Waals surface area contributed by atoms with Gasteiger partial charge in [-0.05, 0) is 49.2 Å². The number of methoxy groups -OCH3 is 1. The molecule has 0 radical (unpaired) electrons. The zero-order chi connectivity index (χ0) is 19.3. The van der Waals surface area contributed by atoms with Crippen molar-refractivity contribution in [1.82, 2.24) is 0 Å². The Balaban J connectivity index is 2.07. The van der Waals surface area contributed by atoms with E-state index in [9.17, 15) is 9.59 Å². The van der Waals surface area contributed by atoms with Crippen LogP contribution in [0, 0.1) is 13.8 Å². The first-order valence-corrected chi connectivity index (χ1v) is 8.68. The Morgan fingerprint density at radius 3 is 2.50 bits per heavy atom. The maximum Gasteiger partial charge on any atom is 0.226 e. The number of carbonyl (C=O) groups is 2. The van der Waals surface area contributed by atoms with Crippen LogP contribution in [0.15, 0.2) is 36.4 Å². The lowest BCUT2D eigenvalue weighted by atomic mass is 10.2. The Morgan fingerprint density at radius 2 is 1.88 bits per heavy atom. The average molecular weight is 375 g/mol. The molecule has 6 heteroatoms. The van der Waals surface area contributed by atoms with Gasteiger partial charge in [0.15, 0.2) is 0 Å². The van der Waals surface area contributed by atoms with Gasteiger partial charge < -0.3 is 15.0 Å². The van der Waals surface area contributed by atoms with Crippen molar-refractivity contribution in [3.63, 3.8) is 0 Å². The zero-order valence-electron chi connectivity index (χ0n) is 15.4. The van der Waals surface area contributed by atoms with E-state index in [0.717, 1.165) is 11.1 Å². The maximum absolute atomic E-state index is 12.3. The van der Waals surface area contributed by atoms with Gasteiger partial charge in [-0.15, -0.1) is 0 Å². The number of benzene rings is 2. The molecule has 0 aromatic heterocycles. The number of amides is 2. The summed E-state index contributed by atoms with van der Waals surface area (Å²) in [6.07, 6.45) is 0.155. The molecule has 138 valence electrons. The van der Waals surface area contributed by atoms with Crippen molar-refractivity contribution in [3.8, 4) is 5.75 Å². The van der Waals surface area contributed by atoms with E-state index in [1.807, 2.05) is 38.1 Å². The number of aryl methyl sites for hydroxylation is 2. The minimum absolute atomic E-state index is 0.147. The van der Waals surface area contributed by atoms with E-state index in [1.54, 1.807) is 24.1 Å². The second-order valence-corrected chi connectivity index (χ2v) is 6.51. The van der Waals surface area contributed by atoms with Crippen LogP contribution in [0.5, 0.6) is 5.75 Å². The van der Waals surface area contributed by atoms with Crippen molar-refractivity contribution < 1.29 is 14.3 Å². The Labute approximate surface area is 158 Å². The van der Waals surface area contributed by atoms with Crippen LogP contribution in [-0.4, -0.2) is 25.5 Å². The highest BCUT2D eigenvalue weighted by Gasteiger charge is 2.15. The smallest absolute Gasteiger partial charge is 0.226 e. The Kier molecular flexibility index (Phi) is 6.64. The van der Waals surface area contributed by atoms with Gasteiger partial charge in [0.1, 0.15) is 5.75 Å². The molecule has 0 spiro atoms. The predicted molar refractivity (Wildman–Crippen MR) is 105 cm³/mol. The van der Waals surface area contributed by atoms with Crippen LogP contribution in [0.25, 0.3) is 0 Å². The lowest BCUT2D eigenvalue weighted by Gasteiger charge is -2.21. The highest BCUT2D eigenvalue weighted by atomic mass is 35.5. The molecule has 1 N–H and O–H groups in total. The number of ether oxygens (including phenoxy) is 1. The number of halogens is 1. The molecular weight excluding hydrogens is 352 g/mol. The van der Waals surface area contributed by atoms with Crippen molar-refractivity contribution in [2.75, 3.05) is 23.9 Å². The Hall–Kier alpha value is -2.53. The van der Waals surface area contributed by atoms with E-state index in [-0.39, 0.29) is 24.8 Å². The number of hydrogen-bond acceptors (Lipinski definition) is 3. The molecule has 2 aromatic carbocycles. The van der Waals surface area contributed by atoms with Gasteiger partial charge in [-0.2, -0.15) is 0 Å². The molecule has 26 heavy (non-hydrogen) atoms. The summed E-state index contributed by atoms with van der Waals surface area (Å²) in [6.45, 7) is 5.56. The fourth-order valence-corrected chi connectivity index (χ4v) is 2.74. The van der Waals surface area contributed by atoms with Crippen LogP contribution in [0.4, 0.5) is 11.4 Å². The van der Waals surface area contributed by atoms with E-state index in [1.165, 1.54) is 6.92 Å². The van der Waals surface area contributed by atoms with E-state index in [2.05, 4.69) is 5.32 Å². The number of rotatable bonds is 6. The minimum atomic E-state index is -0.196. The molecule has 0 saturated carbocycles. The van der Waals surface area contributed by atoms with E-state index >= 15 is 0 Å². The maximum atomic E-state index is 12.3. The van der Waals surface area contributed by atoms with Gasteiger partial charge in [0.2, 0.25) is 11.8 Å². The van der Waals surface area contributed by atoms with Crippen molar-refractivity contribution in [1.29, 1.82) is 0 Å². The van der Waals surface area contributed by atoms with Gasteiger partial charge in [0, 0.05) is 30.6 Å². The zero-order valence-corrected chi connectivity index (χ0v) is 16.2. The molecule has 0 aliphatic rings. The third-order valence-corrected chi connectivity index (χ3v) is 4.45. The molecule has 5 nitrogen and oxygen atoms in total. The molecule has 0 atom stereocenters. The van der Waals surface area contributed by atoms with Crippen molar-refractivity contribution in [2.24, 2.45) is 0 Å². The Morgan fingerprint density at radius 1 is 1.15 bits per heavy atom. The second kappa shape index (κ2) is 8.72. The summed E-state index contributed by atoms with van der Waals surface area (Å²) < 4.78 is 5.26. The first kappa shape index (κ1) is 19.8. The largest absolute Gasteiger partial charge is 0.495 e. The fraction of sp³-hybridized carbons (Fsp3) is 0.300. The quantitative estimate of drug-likeness (QED) is 0.817. The van der Waals surface area contributed by atoms with Crippen LogP contribution < -0.4 is 15.0 Å². The average Bonchev–Trinajstić information content (AvgIpc) is 2.58. The third-order valence-electron chi connectivity index (χ3n) is 4.04. The number of nitrogens with one attached hydrogen (secondary N) is 1. The van der Waals surface area contributed by atoms with E-state index < -0.39 is 0 Å². The highest BCUT2D eigenvalue weighted by molar-refractivity contribution is 6.31. The van der Waals surface area contributed by atoms with E-state index in [4.69, 9.17) is 16.3 Å². The topological polar surface area (TPSA) is 58.6 Å². The van der Waals surface area contributed by atoms with Gasteiger partial charge >= 0.3 is 0 Å². The van der Waals surface area contributed by atoms with Crippen molar-refractivity contribution in [2.45, 2.75) is 27.2 Å². The lowest BCUT2D eigenvalue weighted by Crippen LogP contribution is -2.32. The number of carbonyl (C=O) groups excluding carboxylic acids is 2. The number of anilines is 2. The molecule has 0 saturated heterocycles. The summed E-state index contributed by atoms with van der Waals surface area (Å²) in [7, 11) is 1.55. The minimum Gasteiger partial charge on any atom is -0.495 e. The van der Waals surface area contributed by atoms with E-state index in [0.29, 0.717) is 22.1 Å². The van der Waals surface area contributed by atoms with Crippen LogP contribution in [-0.2, 0) is 9.59 Å². The molecule has 0 aliphatic carbocycles. The summed E-state index contributed by atoms with van der Waals surface area (Å²) in [5.41, 5.74) is 3.24. The standard InChI is InChI=1S/C20H23ClN2O3/c1-13-5-8-19(26-4)18(11-13)22-20(25)9-10-23(15(3)24)16-7-6-14(2)17(21)12-16/h5-8,11-12H,9-10H2,1-4H3,(H,22,25). The lowest BCUT2D eigenvalue weighted by molar-refractivity contribution is -0.117. The molecule has 0 aliphatic heterocycles. The van der Waals surface area contributed by atoms with Gasteiger partial charge in [0.25, 0.3) is 0 Å². The molecular formula is C20H23ClN2O3. The summed E-state index contributed by atoms with van der Waals surface area (Å²) in [6, 6.07) is 11.0. The second-order valence-electron chi connectivity index (χ2n) is 6.11. The molecule has 0 unspecified atom stereocenters. The van der Waals surface area contributed by atoms with Gasteiger partial charge in [-0.25, -0.2) is 0 Å². The first-order valence-electron chi connectivity index (χ1n) is 8.30. The molecule has 0 bridgehead atoms. The van der Waals surface area contributed by atoms with Crippen LogP contribution in [0.3, 0.4) is 0 Å². The SMILES string of the molecule is COc1ccc(C)cc1NC(=O)CCN(C(C)=O)c1ccc(C)c(Cl)c1. The molecule has 2 rings (SSSR count). The van der Waals surface area contributed by atoms with Crippen molar-refractivity contribution >= 4 is 34.8 Å². The Bertz CT molecular complexity index is 821. The summed E-state index contributed by atoms with van der Waals surface area (Å²) >= 11 is 6.15. The summed E-state index contributed by atoms with van der Waals surface area (Å²) in [5.74, 6) is 0.252. The first-order chi connectivity index (χ1) is 12.3. The molecule has 2 amide bonds. The normalized spacial score (nSPS) is 10.3. The van der Waals surface area contributed by atoms with Crippen LogP contribution in [0.2, 0.25) is 5.02 Å². The predicted octanol–water partition coefficient (Wildman–Crippen LogP) is 4.35. The summed E-state index contributed by atoms with van der Waals surface area (Å²) in [4.78, 5) is 25.9. The fourth-order valence-electron chi connectivity index (χ4n) is 2.56. The highest BCUT2D eigenvalue weighted by Crippen LogP contribution is 2.26. The number of nitrogens with zero attached hydrogens (tertiary/aromatic N) is 1. The van der Waals surface area contributed by atoms with Gasteiger partial charge in [-0.1, -0.05) is 23.7 Å². The molecule has 0 heterocycles. The van der Waals surface area contributed by atoms with Gasteiger partial charge in [0.05, 0.1) is 12.8 Å². The van der Waals surface area contributed by atoms with Gasteiger partial charge in [-0.3, -0.25) is 9.59 Å². The van der Waals surface area contributed by atoms with Crippen LogP contribution in [0.1, 0.15) is 24.5 Å². The molecule has 2 aromatic rings. The number of hydrogen-bond donors (Lipinski definition) is 1. The third kappa shape index (κ3) is 4.99. The molecule has 0 fully saturated rings. The monoisotopic (exact) mass is 374 g/mol.